The minimum atomic E-state index is 0.172. The maximum atomic E-state index is 5.93. The Bertz CT molecular complexity index is 538. The highest BCUT2D eigenvalue weighted by molar-refractivity contribution is 6.31. The van der Waals surface area contributed by atoms with Crippen LogP contribution >= 0.6 is 23.2 Å². The number of aromatic nitrogens is 2. The largest absolute Gasteiger partial charge is 0.439 e. The molecule has 0 N–H and O–H groups in total. The van der Waals surface area contributed by atoms with E-state index in [4.69, 9.17) is 27.9 Å². The molecule has 0 aliphatic rings. The van der Waals surface area contributed by atoms with Crippen LogP contribution in [0.25, 0.3) is 0 Å². The first-order chi connectivity index (χ1) is 8.04. The summed E-state index contributed by atoms with van der Waals surface area (Å²) >= 11 is 11.7. The van der Waals surface area contributed by atoms with Gasteiger partial charge >= 0.3 is 0 Å². The van der Waals surface area contributed by atoms with Crippen LogP contribution in [0.3, 0.4) is 0 Å². The van der Waals surface area contributed by atoms with Gasteiger partial charge in [-0.2, -0.15) is 4.98 Å². The average Bonchev–Trinajstić information content (AvgIpc) is 2.22. The number of aryl methyl sites for hydroxylation is 2. The SMILES string of the molecule is Cc1cc(Oc2ccc(Cl)c(C)c2)nc(Cl)n1. The van der Waals surface area contributed by atoms with Crippen molar-refractivity contribution in [1.82, 2.24) is 9.97 Å². The molecule has 0 unspecified atom stereocenters. The van der Waals surface area contributed by atoms with Gasteiger partial charge in [0.05, 0.1) is 0 Å². The molecule has 0 saturated carbocycles. The first-order valence-corrected chi connectivity index (χ1v) is 5.75. The monoisotopic (exact) mass is 268 g/mol. The summed E-state index contributed by atoms with van der Waals surface area (Å²) in [6.45, 7) is 3.74. The van der Waals surface area contributed by atoms with E-state index in [9.17, 15) is 0 Å². The van der Waals surface area contributed by atoms with Crippen LogP contribution in [0.5, 0.6) is 11.6 Å². The van der Waals surface area contributed by atoms with E-state index in [2.05, 4.69) is 9.97 Å². The molecule has 5 heteroatoms. The van der Waals surface area contributed by atoms with Gasteiger partial charge in [-0.1, -0.05) is 11.6 Å². The summed E-state index contributed by atoms with van der Waals surface area (Å²) in [4.78, 5) is 7.94. The third-order valence-electron chi connectivity index (χ3n) is 2.16. The van der Waals surface area contributed by atoms with Crippen molar-refractivity contribution in [3.05, 3.63) is 45.8 Å². The molecule has 0 aliphatic carbocycles. The van der Waals surface area contributed by atoms with Gasteiger partial charge in [-0.15, -0.1) is 0 Å². The highest BCUT2D eigenvalue weighted by atomic mass is 35.5. The van der Waals surface area contributed by atoms with Crippen LogP contribution in [0.2, 0.25) is 10.3 Å². The Kier molecular flexibility index (Phi) is 3.50. The smallest absolute Gasteiger partial charge is 0.225 e. The highest BCUT2D eigenvalue weighted by Crippen LogP contribution is 2.25. The molecule has 0 radical (unpaired) electrons. The number of hydrogen-bond acceptors (Lipinski definition) is 3. The predicted molar refractivity (Wildman–Crippen MR) is 68.0 cm³/mol. The van der Waals surface area contributed by atoms with E-state index in [0.717, 1.165) is 11.3 Å². The van der Waals surface area contributed by atoms with Crippen molar-refractivity contribution in [2.24, 2.45) is 0 Å². The van der Waals surface area contributed by atoms with Crippen LogP contribution in [0.15, 0.2) is 24.3 Å². The number of benzene rings is 1. The van der Waals surface area contributed by atoms with Crippen molar-refractivity contribution in [1.29, 1.82) is 0 Å². The molecule has 0 spiro atoms. The van der Waals surface area contributed by atoms with E-state index < -0.39 is 0 Å². The predicted octanol–water partition coefficient (Wildman–Crippen LogP) is 4.19. The minimum absolute atomic E-state index is 0.172. The van der Waals surface area contributed by atoms with Gasteiger partial charge in [0, 0.05) is 16.8 Å². The maximum absolute atomic E-state index is 5.93. The number of nitrogens with zero attached hydrogens (tertiary/aromatic N) is 2. The molecular formula is C12H10Cl2N2O. The maximum Gasteiger partial charge on any atom is 0.225 e. The van der Waals surface area contributed by atoms with Crippen molar-refractivity contribution in [2.45, 2.75) is 13.8 Å². The summed E-state index contributed by atoms with van der Waals surface area (Å²) in [5, 5.41) is 0.875. The fraction of sp³-hybridized carbons (Fsp3) is 0.167. The molecule has 0 atom stereocenters. The van der Waals surface area contributed by atoms with Crippen molar-refractivity contribution in [2.75, 3.05) is 0 Å². The Morgan fingerprint density at radius 1 is 1.06 bits per heavy atom. The Balaban J connectivity index is 2.28. The molecule has 3 nitrogen and oxygen atoms in total. The van der Waals surface area contributed by atoms with Crippen molar-refractivity contribution < 1.29 is 4.74 Å². The molecule has 0 amide bonds. The second-order valence-electron chi connectivity index (χ2n) is 3.63. The molecule has 2 aromatic rings. The van der Waals surface area contributed by atoms with E-state index in [-0.39, 0.29) is 5.28 Å². The Morgan fingerprint density at radius 2 is 1.82 bits per heavy atom. The summed E-state index contributed by atoms with van der Waals surface area (Å²) in [5.74, 6) is 1.09. The zero-order valence-electron chi connectivity index (χ0n) is 9.37. The summed E-state index contributed by atoms with van der Waals surface area (Å²) in [6, 6.07) is 7.12. The van der Waals surface area contributed by atoms with Crippen LogP contribution in [-0.4, -0.2) is 9.97 Å². The van der Waals surface area contributed by atoms with Crippen LogP contribution in [-0.2, 0) is 0 Å². The molecular weight excluding hydrogens is 259 g/mol. The lowest BCUT2D eigenvalue weighted by molar-refractivity contribution is 0.460. The zero-order chi connectivity index (χ0) is 12.4. The van der Waals surface area contributed by atoms with Crippen LogP contribution in [0, 0.1) is 13.8 Å². The third kappa shape index (κ3) is 3.08. The van der Waals surface area contributed by atoms with Crippen LogP contribution in [0.1, 0.15) is 11.3 Å². The van der Waals surface area contributed by atoms with Gasteiger partial charge in [0.1, 0.15) is 5.75 Å². The van der Waals surface area contributed by atoms with Gasteiger partial charge in [-0.25, -0.2) is 4.98 Å². The quantitative estimate of drug-likeness (QED) is 0.766. The molecule has 17 heavy (non-hydrogen) atoms. The van der Waals surface area contributed by atoms with E-state index in [1.807, 2.05) is 19.9 Å². The van der Waals surface area contributed by atoms with Gasteiger partial charge < -0.3 is 4.74 Å². The number of halogens is 2. The van der Waals surface area contributed by atoms with E-state index in [1.54, 1.807) is 18.2 Å². The molecule has 0 fully saturated rings. The fourth-order valence-electron chi connectivity index (χ4n) is 1.36. The first-order valence-electron chi connectivity index (χ1n) is 5.00. The third-order valence-corrected chi connectivity index (χ3v) is 2.75. The molecule has 1 aromatic carbocycles. The second-order valence-corrected chi connectivity index (χ2v) is 4.37. The van der Waals surface area contributed by atoms with Crippen molar-refractivity contribution in [3.63, 3.8) is 0 Å². The van der Waals surface area contributed by atoms with E-state index in [1.165, 1.54) is 0 Å². The van der Waals surface area contributed by atoms with Crippen LogP contribution < -0.4 is 4.74 Å². The van der Waals surface area contributed by atoms with Crippen molar-refractivity contribution in [3.8, 4) is 11.6 Å². The number of hydrogen-bond donors (Lipinski definition) is 0. The molecule has 1 aromatic heterocycles. The standard InChI is InChI=1S/C12H10Cl2N2O/c1-7-5-9(3-4-10(7)13)17-11-6-8(2)15-12(14)16-11/h3-6H,1-2H3. The summed E-state index contributed by atoms with van der Waals surface area (Å²) < 4.78 is 5.58. The van der Waals surface area contributed by atoms with Crippen LogP contribution in [0.4, 0.5) is 0 Å². The first kappa shape index (κ1) is 12.1. The highest BCUT2D eigenvalue weighted by Gasteiger charge is 2.04. The van der Waals surface area contributed by atoms with E-state index in [0.29, 0.717) is 16.7 Å². The van der Waals surface area contributed by atoms with Crippen molar-refractivity contribution >= 4 is 23.2 Å². The molecule has 0 bridgehead atoms. The fourth-order valence-corrected chi connectivity index (χ4v) is 1.69. The Labute approximate surface area is 109 Å². The van der Waals surface area contributed by atoms with E-state index >= 15 is 0 Å². The average molecular weight is 269 g/mol. The molecule has 0 aliphatic heterocycles. The number of rotatable bonds is 2. The molecule has 88 valence electrons. The van der Waals surface area contributed by atoms with Gasteiger partial charge in [-0.3, -0.25) is 0 Å². The molecule has 0 saturated heterocycles. The van der Waals surface area contributed by atoms with Gasteiger partial charge in [0.2, 0.25) is 11.2 Å². The lowest BCUT2D eigenvalue weighted by Crippen LogP contribution is -1.92. The van der Waals surface area contributed by atoms with Gasteiger partial charge in [0.25, 0.3) is 0 Å². The lowest BCUT2D eigenvalue weighted by atomic mass is 10.2. The summed E-state index contributed by atoms with van der Waals surface area (Å²) in [5.41, 5.74) is 1.70. The topological polar surface area (TPSA) is 35.0 Å². The number of ether oxygens (including phenoxy) is 1. The minimum Gasteiger partial charge on any atom is -0.439 e. The Morgan fingerprint density at radius 3 is 2.47 bits per heavy atom. The Hall–Kier alpha value is -1.32. The molecule has 1 heterocycles. The van der Waals surface area contributed by atoms with Gasteiger partial charge in [-0.05, 0) is 49.2 Å². The van der Waals surface area contributed by atoms with Gasteiger partial charge in [0.15, 0.2) is 0 Å². The summed E-state index contributed by atoms with van der Waals surface area (Å²) in [7, 11) is 0. The zero-order valence-corrected chi connectivity index (χ0v) is 10.9. The molecule has 2 rings (SSSR count). The second kappa shape index (κ2) is 4.90. The summed E-state index contributed by atoms with van der Waals surface area (Å²) in [6.07, 6.45) is 0. The lowest BCUT2D eigenvalue weighted by Gasteiger charge is -2.07. The normalized spacial score (nSPS) is 10.4.